The maximum absolute atomic E-state index is 12.6. The van der Waals surface area contributed by atoms with E-state index in [0.29, 0.717) is 0 Å². The molecule has 0 aromatic carbocycles. The van der Waals surface area contributed by atoms with E-state index in [1.165, 1.54) is 0 Å². The van der Waals surface area contributed by atoms with Crippen LogP contribution in [0, 0.1) is 11.3 Å². The quantitative estimate of drug-likeness (QED) is 0.784. The highest BCUT2D eigenvalue weighted by molar-refractivity contribution is 5.49. The van der Waals surface area contributed by atoms with Crippen molar-refractivity contribution in [3.05, 3.63) is 17.5 Å². The molecular weight excluding hydrogens is 256 g/mol. The molecule has 0 saturated carbocycles. The minimum absolute atomic E-state index is 0.182. The number of halogens is 4. The number of methoxy groups -OCH3 is 1. The third kappa shape index (κ3) is 3.23. The van der Waals surface area contributed by atoms with E-state index >= 15 is 0 Å². The maximum atomic E-state index is 12.6. The molecule has 0 amide bonds. The SMILES string of the molecule is COc1c(CF)cnc(CC#N)c1OC(F)(F)F. The van der Waals surface area contributed by atoms with Crippen LogP contribution in [-0.2, 0) is 13.1 Å². The monoisotopic (exact) mass is 264 g/mol. The third-order valence-electron chi connectivity index (χ3n) is 1.95. The van der Waals surface area contributed by atoms with Crippen molar-refractivity contribution in [1.29, 1.82) is 5.26 Å². The van der Waals surface area contributed by atoms with Crippen molar-refractivity contribution in [2.24, 2.45) is 0 Å². The number of hydrogen-bond acceptors (Lipinski definition) is 4. The summed E-state index contributed by atoms with van der Waals surface area (Å²) in [6.07, 6.45) is -4.38. The number of hydrogen-bond donors (Lipinski definition) is 0. The van der Waals surface area contributed by atoms with Crippen molar-refractivity contribution in [2.75, 3.05) is 7.11 Å². The Balaban J connectivity index is 3.34. The van der Waals surface area contributed by atoms with Crippen LogP contribution in [0.3, 0.4) is 0 Å². The predicted molar refractivity (Wildman–Crippen MR) is 51.6 cm³/mol. The minimum Gasteiger partial charge on any atom is -0.492 e. The van der Waals surface area contributed by atoms with Gasteiger partial charge in [-0.05, 0) is 0 Å². The van der Waals surface area contributed by atoms with Gasteiger partial charge in [0.25, 0.3) is 0 Å². The molecule has 0 fully saturated rings. The molecule has 1 heterocycles. The summed E-state index contributed by atoms with van der Waals surface area (Å²) in [5.74, 6) is -1.18. The van der Waals surface area contributed by atoms with Crippen molar-refractivity contribution < 1.29 is 27.0 Å². The van der Waals surface area contributed by atoms with Crippen LogP contribution in [0.5, 0.6) is 11.5 Å². The number of pyridine rings is 1. The molecule has 0 spiro atoms. The summed E-state index contributed by atoms with van der Waals surface area (Å²) in [5.41, 5.74) is -0.442. The van der Waals surface area contributed by atoms with Crippen LogP contribution in [0.1, 0.15) is 11.3 Å². The molecule has 0 aliphatic carbocycles. The zero-order chi connectivity index (χ0) is 13.8. The van der Waals surface area contributed by atoms with Crippen LogP contribution in [0.2, 0.25) is 0 Å². The summed E-state index contributed by atoms with van der Waals surface area (Å²) in [6.45, 7) is -1.06. The number of rotatable bonds is 4. The molecular formula is C10H8F4N2O2. The molecule has 0 saturated heterocycles. The highest BCUT2D eigenvalue weighted by Crippen LogP contribution is 2.37. The van der Waals surface area contributed by atoms with Gasteiger partial charge in [0.2, 0.25) is 0 Å². The molecule has 1 aromatic rings. The molecule has 0 N–H and O–H groups in total. The fourth-order valence-electron chi connectivity index (χ4n) is 1.29. The lowest BCUT2D eigenvalue weighted by molar-refractivity contribution is -0.275. The van der Waals surface area contributed by atoms with Gasteiger partial charge in [0.05, 0.1) is 19.6 Å². The molecule has 4 nitrogen and oxygen atoms in total. The van der Waals surface area contributed by atoms with Crippen molar-refractivity contribution >= 4 is 0 Å². The Bertz CT molecular complexity index is 468. The van der Waals surface area contributed by atoms with Gasteiger partial charge in [-0.25, -0.2) is 4.39 Å². The summed E-state index contributed by atoms with van der Waals surface area (Å²) in [7, 11) is 1.08. The normalized spacial score (nSPS) is 10.9. The molecule has 98 valence electrons. The van der Waals surface area contributed by atoms with E-state index in [2.05, 4.69) is 14.5 Å². The molecule has 0 aliphatic heterocycles. The van der Waals surface area contributed by atoms with Crippen molar-refractivity contribution in [3.63, 3.8) is 0 Å². The van der Waals surface area contributed by atoms with Gasteiger partial charge in [0.15, 0.2) is 11.5 Å². The molecule has 0 aliphatic rings. The van der Waals surface area contributed by atoms with Gasteiger partial charge in [-0.1, -0.05) is 0 Å². The highest BCUT2D eigenvalue weighted by atomic mass is 19.4. The van der Waals surface area contributed by atoms with E-state index in [1.807, 2.05) is 0 Å². The number of aromatic nitrogens is 1. The van der Waals surface area contributed by atoms with Gasteiger partial charge in [0, 0.05) is 11.8 Å². The van der Waals surface area contributed by atoms with Crippen LogP contribution in [0.4, 0.5) is 17.6 Å². The molecule has 0 bridgehead atoms. The number of nitriles is 1. The van der Waals surface area contributed by atoms with Crippen molar-refractivity contribution in [2.45, 2.75) is 19.5 Å². The van der Waals surface area contributed by atoms with E-state index in [1.54, 1.807) is 6.07 Å². The molecule has 8 heteroatoms. The zero-order valence-electron chi connectivity index (χ0n) is 9.21. The largest absolute Gasteiger partial charge is 0.573 e. The summed E-state index contributed by atoms with van der Waals surface area (Å²) in [4.78, 5) is 3.56. The lowest BCUT2D eigenvalue weighted by Crippen LogP contribution is -2.19. The molecule has 0 atom stereocenters. The first-order valence-corrected chi connectivity index (χ1v) is 4.66. The first-order chi connectivity index (χ1) is 8.42. The molecule has 0 unspecified atom stereocenters. The summed E-state index contributed by atoms with van der Waals surface area (Å²) in [6, 6.07) is 1.64. The fourth-order valence-corrected chi connectivity index (χ4v) is 1.29. The van der Waals surface area contributed by atoms with Crippen LogP contribution >= 0.6 is 0 Å². The topological polar surface area (TPSA) is 55.1 Å². The molecule has 1 rings (SSSR count). The summed E-state index contributed by atoms with van der Waals surface area (Å²) < 4.78 is 57.7. The van der Waals surface area contributed by atoms with Gasteiger partial charge in [0.1, 0.15) is 12.4 Å². The van der Waals surface area contributed by atoms with Gasteiger partial charge < -0.3 is 9.47 Å². The smallest absolute Gasteiger partial charge is 0.492 e. The van der Waals surface area contributed by atoms with Gasteiger partial charge in [-0.15, -0.1) is 13.2 Å². The van der Waals surface area contributed by atoms with E-state index in [4.69, 9.17) is 5.26 Å². The number of nitrogens with zero attached hydrogens (tertiary/aromatic N) is 2. The number of ether oxygens (including phenoxy) is 2. The van der Waals surface area contributed by atoms with Crippen molar-refractivity contribution in [1.82, 2.24) is 4.98 Å². The second-order valence-corrected chi connectivity index (χ2v) is 3.11. The Morgan fingerprint density at radius 1 is 1.39 bits per heavy atom. The number of alkyl halides is 4. The zero-order valence-corrected chi connectivity index (χ0v) is 9.21. The lowest BCUT2D eigenvalue weighted by atomic mass is 10.2. The standard InChI is InChI=1S/C10H8F4N2O2/c1-17-8-6(4-11)5-16-7(2-3-15)9(8)18-10(12,13)14/h5H,2,4H2,1H3. The van der Waals surface area contributed by atoms with E-state index in [9.17, 15) is 17.6 Å². The van der Waals surface area contributed by atoms with E-state index in [-0.39, 0.29) is 11.3 Å². The Labute approximate surface area is 99.8 Å². The average molecular weight is 264 g/mol. The maximum Gasteiger partial charge on any atom is 0.573 e. The Hall–Kier alpha value is -2.04. The highest BCUT2D eigenvalue weighted by Gasteiger charge is 2.34. The second kappa shape index (κ2) is 5.53. The second-order valence-electron chi connectivity index (χ2n) is 3.11. The van der Waals surface area contributed by atoms with Crippen LogP contribution in [-0.4, -0.2) is 18.5 Å². The van der Waals surface area contributed by atoms with Crippen LogP contribution < -0.4 is 9.47 Å². The van der Waals surface area contributed by atoms with E-state index in [0.717, 1.165) is 13.3 Å². The molecule has 0 radical (unpaired) electrons. The molecule has 1 aromatic heterocycles. The predicted octanol–water partition coefficient (Wildman–Crippen LogP) is 2.52. The fraction of sp³-hybridized carbons (Fsp3) is 0.400. The van der Waals surface area contributed by atoms with E-state index < -0.39 is 31.0 Å². The van der Waals surface area contributed by atoms with Gasteiger partial charge in [-0.3, -0.25) is 4.98 Å². The Kier molecular flexibility index (Phi) is 4.31. The minimum atomic E-state index is -4.98. The lowest BCUT2D eigenvalue weighted by Gasteiger charge is -2.16. The summed E-state index contributed by atoms with van der Waals surface area (Å²) >= 11 is 0. The van der Waals surface area contributed by atoms with Gasteiger partial charge in [-0.2, -0.15) is 5.26 Å². The Morgan fingerprint density at radius 3 is 2.50 bits per heavy atom. The first kappa shape index (κ1) is 14.0. The first-order valence-electron chi connectivity index (χ1n) is 4.66. The van der Waals surface area contributed by atoms with Crippen LogP contribution in [0.25, 0.3) is 0 Å². The molecule has 18 heavy (non-hydrogen) atoms. The Morgan fingerprint density at radius 2 is 2.06 bits per heavy atom. The van der Waals surface area contributed by atoms with Crippen LogP contribution in [0.15, 0.2) is 6.20 Å². The average Bonchev–Trinajstić information content (AvgIpc) is 2.29. The van der Waals surface area contributed by atoms with Gasteiger partial charge >= 0.3 is 6.36 Å². The third-order valence-corrected chi connectivity index (χ3v) is 1.95. The van der Waals surface area contributed by atoms with Crippen molar-refractivity contribution in [3.8, 4) is 17.6 Å². The summed E-state index contributed by atoms with van der Waals surface area (Å²) in [5, 5.41) is 8.49.